The first-order valence-electron chi connectivity index (χ1n) is 8.28. The molecule has 4 heteroatoms. The molecule has 0 spiro atoms. The van der Waals surface area contributed by atoms with Gasteiger partial charge in [0, 0.05) is 18.1 Å². The summed E-state index contributed by atoms with van der Waals surface area (Å²) in [5.74, 6) is 0.320. The van der Waals surface area contributed by atoms with Crippen LogP contribution in [-0.2, 0) is 4.79 Å². The van der Waals surface area contributed by atoms with Crippen LogP contribution in [0.2, 0.25) is 0 Å². The lowest BCUT2D eigenvalue weighted by Crippen LogP contribution is -2.57. The molecule has 114 valence electrons. The van der Waals surface area contributed by atoms with Crippen molar-refractivity contribution in [2.45, 2.75) is 89.1 Å². The van der Waals surface area contributed by atoms with Crippen molar-refractivity contribution in [1.29, 1.82) is 0 Å². The number of piperidine rings is 2. The van der Waals surface area contributed by atoms with Gasteiger partial charge in [0.15, 0.2) is 0 Å². The Balaban J connectivity index is 1.78. The molecule has 3 heterocycles. The van der Waals surface area contributed by atoms with E-state index < -0.39 is 0 Å². The van der Waals surface area contributed by atoms with Gasteiger partial charge in [-0.15, -0.1) is 0 Å². The Morgan fingerprint density at radius 2 is 1.85 bits per heavy atom. The number of nitrogens with one attached hydrogen (secondary N) is 1. The highest BCUT2D eigenvalue weighted by Gasteiger charge is 2.49. The van der Waals surface area contributed by atoms with Crippen LogP contribution in [-0.4, -0.2) is 52.6 Å². The van der Waals surface area contributed by atoms with E-state index in [0.29, 0.717) is 24.0 Å². The topological polar surface area (TPSA) is 35.6 Å². The molecule has 0 aliphatic carbocycles. The molecule has 0 aromatic rings. The number of fused-ring (bicyclic) bond motifs is 2. The second kappa shape index (κ2) is 4.99. The first-order valence-corrected chi connectivity index (χ1v) is 8.28. The second-order valence-electron chi connectivity index (χ2n) is 7.25. The van der Waals surface area contributed by atoms with Crippen molar-refractivity contribution in [3.8, 4) is 0 Å². The van der Waals surface area contributed by atoms with E-state index in [4.69, 9.17) is 0 Å². The molecule has 1 N–H and O–H groups in total. The van der Waals surface area contributed by atoms with E-state index in [2.05, 4.69) is 42.9 Å². The summed E-state index contributed by atoms with van der Waals surface area (Å²) in [6, 6.07) is 1.80. The first kappa shape index (κ1) is 14.3. The van der Waals surface area contributed by atoms with Crippen LogP contribution in [0.4, 0.5) is 0 Å². The minimum atomic E-state index is -0.349. The largest absolute Gasteiger partial charge is 0.323 e. The SMILES string of the molecule is CCC1(C)NC(C)N(C2CC3CCCC(C2)N3C)C1=O. The molecule has 1 amide bonds. The predicted molar refractivity (Wildman–Crippen MR) is 80.4 cm³/mol. The molecule has 3 saturated heterocycles. The Morgan fingerprint density at radius 1 is 1.25 bits per heavy atom. The van der Waals surface area contributed by atoms with E-state index in [1.54, 1.807) is 0 Å². The van der Waals surface area contributed by atoms with Crippen LogP contribution in [0.1, 0.15) is 59.3 Å². The molecule has 0 radical (unpaired) electrons. The maximum atomic E-state index is 12.8. The van der Waals surface area contributed by atoms with Crippen molar-refractivity contribution < 1.29 is 4.79 Å². The fraction of sp³-hybridized carbons (Fsp3) is 0.938. The standard InChI is InChI=1S/C16H29N3O/c1-5-16(3)15(20)19(11(2)17-16)14-9-12-7-6-8-13(10-14)18(12)4/h11-14,17H,5-10H2,1-4H3. The van der Waals surface area contributed by atoms with Gasteiger partial charge < -0.3 is 9.80 Å². The van der Waals surface area contributed by atoms with Gasteiger partial charge in [0.05, 0.1) is 11.7 Å². The van der Waals surface area contributed by atoms with Crippen LogP contribution in [0.5, 0.6) is 0 Å². The average Bonchev–Trinajstić information content (AvgIpc) is 2.61. The van der Waals surface area contributed by atoms with Crippen LogP contribution in [0.3, 0.4) is 0 Å². The number of hydrogen-bond acceptors (Lipinski definition) is 3. The summed E-state index contributed by atoms with van der Waals surface area (Å²) in [6.07, 6.45) is 7.33. The number of rotatable bonds is 2. The molecular formula is C16H29N3O. The monoisotopic (exact) mass is 279 g/mol. The minimum Gasteiger partial charge on any atom is -0.323 e. The zero-order chi connectivity index (χ0) is 14.5. The van der Waals surface area contributed by atoms with E-state index >= 15 is 0 Å². The molecule has 0 saturated carbocycles. The molecule has 20 heavy (non-hydrogen) atoms. The second-order valence-corrected chi connectivity index (χ2v) is 7.25. The summed E-state index contributed by atoms with van der Waals surface area (Å²) in [5, 5.41) is 3.52. The molecule has 3 fully saturated rings. The van der Waals surface area contributed by atoms with Gasteiger partial charge in [-0.05, 0) is 53.0 Å². The smallest absolute Gasteiger partial charge is 0.244 e. The molecule has 4 unspecified atom stereocenters. The van der Waals surface area contributed by atoms with Crippen LogP contribution < -0.4 is 5.32 Å². The number of carbonyl (C=O) groups excluding carboxylic acids is 1. The van der Waals surface area contributed by atoms with Crippen molar-refractivity contribution in [1.82, 2.24) is 15.1 Å². The molecule has 0 aromatic heterocycles. The Hall–Kier alpha value is -0.610. The van der Waals surface area contributed by atoms with Crippen molar-refractivity contribution in [2.75, 3.05) is 7.05 Å². The van der Waals surface area contributed by atoms with E-state index in [-0.39, 0.29) is 11.7 Å². The van der Waals surface area contributed by atoms with Crippen molar-refractivity contribution in [3.05, 3.63) is 0 Å². The van der Waals surface area contributed by atoms with Crippen molar-refractivity contribution >= 4 is 5.91 Å². The molecule has 3 aliphatic rings. The highest BCUT2D eigenvalue weighted by molar-refractivity contribution is 5.88. The van der Waals surface area contributed by atoms with Crippen LogP contribution in [0, 0.1) is 0 Å². The normalized spacial score (nSPS) is 46.0. The molecule has 3 rings (SSSR count). The van der Waals surface area contributed by atoms with E-state index in [0.717, 1.165) is 19.3 Å². The highest BCUT2D eigenvalue weighted by atomic mass is 16.2. The zero-order valence-corrected chi connectivity index (χ0v) is 13.4. The van der Waals surface area contributed by atoms with Crippen LogP contribution >= 0.6 is 0 Å². The number of amides is 1. The van der Waals surface area contributed by atoms with E-state index in [9.17, 15) is 4.79 Å². The molecular weight excluding hydrogens is 250 g/mol. The number of nitrogens with zero attached hydrogens (tertiary/aromatic N) is 2. The number of hydrogen-bond donors (Lipinski definition) is 1. The first-order chi connectivity index (χ1) is 9.46. The highest BCUT2D eigenvalue weighted by Crippen LogP contribution is 2.37. The lowest BCUT2D eigenvalue weighted by Gasteiger charge is -2.49. The minimum absolute atomic E-state index is 0.182. The summed E-state index contributed by atoms with van der Waals surface area (Å²) in [7, 11) is 2.27. The molecule has 4 atom stereocenters. The van der Waals surface area contributed by atoms with Gasteiger partial charge in [-0.1, -0.05) is 13.3 Å². The Kier molecular flexibility index (Phi) is 3.57. The molecule has 2 bridgehead atoms. The summed E-state index contributed by atoms with van der Waals surface area (Å²) in [4.78, 5) is 17.6. The fourth-order valence-corrected chi connectivity index (χ4v) is 4.60. The maximum Gasteiger partial charge on any atom is 0.244 e. The van der Waals surface area contributed by atoms with Gasteiger partial charge in [-0.3, -0.25) is 10.1 Å². The van der Waals surface area contributed by atoms with Gasteiger partial charge >= 0.3 is 0 Å². The predicted octanol–water partition coefficient (Wildman–Crippen LogP) is 1.95. The average molecular weight is 279 g/mol. The van der Waals surface area contributed by atoms with Gasteiger partial charge in [-0.2, -0.15) is 0 Å². The summed E-state index contributed by atoms with van der Waals surface area (Å²) in [6.45, 7) is 6.30. The quantitative estimate of drug-likeness (QED) is 0.839. The fourth-order valence-electron chi connectivity index (χ4n) is 4.60. The molecule has 4 nitrogen and oxygen atoms in total. The lowest BCUT2D eigenvalue weighted by molar-refractivity contribution is -0.137. The third-order valence-corrected chi connectivity index (χ3v) is 6.07. The Labute approximate surface area is 122 Å². The Morgan fingerprint density at radius 3 is 2.35 bits per heavy atom. The van der Waals surface area contributed by atoms with Crippen LogP contribution in [0.15, 0.2) is 0 Å². The Bertz CT molecular complexity index is 385. The van der Waals surface area contributed by atoms with Crippen molar-refractivity contribution in [3.63, 3.8) is 0 Å². The summed E-state index contributed by atoms with van der Waals surface area (Å²) in [5.41, 5.74) is -0.349. The zero-order valence-electron chi connectivity index (χ0n) is 13.4. The van der Waals surface area contributed by atoms with Gasteiger partial charge in [0.25, 0.3) is 0 Å². The lowest BCUT2D eigenvalue weighted by atomic mass is 9.81. The van der Waals surface area contributed by atoms with E-state index in [1.165, 1.54) is 19.3 Å². The van der Waals surface area contributed by atoms with Crippen LogP contribution in [0.25, 0.3) is 0 Å². The third-order valence-electron chi connectivity index (χ3n) is 6.07. The van der Waals surface area contributed by atoms with Gasteiger partial charge in [0.2, 0.25) is 5.91 Å². The third kappa shape index (κ3) is 2.08. The molecule has 3 aliphatic heterocycles. The van der Waals surface area contributed by atoms with Crippen molar-refractivity contribution in [2.24, 2.45) is 0 Å². The van der Waals surface area contributed by atoms with Gasteiger partial charge in [-0.25, -0.2) is 0 Å². The van der Waals surface area contributed by atoms with E-state index in [1.807, 2.05) is 0 Å². The molecule has 0 aromatic carbocycles. The maximum absolute atomic E-state index is 12.8. The van der Waals surface area contributed by atoms with Gasteiger partial charge in [0.1, 0.15) is 0 Å². The number of carbonyl (C=O) groups is 1. The summed E-state index contributed by atoms with van der Waals surface area (Å²) < 4.78 is 0. The summed E-state index contributed by atoms with van der Waals surface area (Å²) >= 11 is 0.